The molecule has 1 aromatic rings. The molecular formula is C22H26O6. The van der Waals surface area contributed by atoms with Crippen LogP contribution in [0, 0.1) is 17.3 Å². The highest BCUT2D eigenvalue weighted by atomic mass is 16.6. The topological polar surface area (TPSA) is 89.9 Å². The molecule has 0 radical (unpaired) electrons. The van der Waals surface area contributed by atoms with Crippen molar-refractivity contribution in [3.05, 3.63) is 29.3 Å². The van der Waals surface area contributed by atoms with Gasteiger partial charge in [0.25, 0.3) is 0 Å². The third kappa shape index (κ3) is 2.69. The van der Waals surface area contributed by atoms with Gasteiger partial charge in [0.2, 0.25) is 0 Å². The highest BCUT2D eigenvalue weighted by Crippen LogP contribution is 2.62. The average molecular weight is 386 g/mol. The molecule has 2 saturated carbocycles. The minimum Gasteiger partial charge on any atom is -0.459 e. The molecule has 4 rings (SSSR count). The van der Waals surface area contributed by atoms with Crippen LogP contribution < -0.4 is 4.74 Å². The van der Waals surface area contributed by atoms with Crippen LogP contribution in [-0.4, -0.2) is 28.9 Å². The number of ether oxygens (including phenoxy) is 2. The summed E-state index contributed by atoms with van der Waals surface area (Å²) in [7, 11) is 0. The highest BCUT2D eigenvalue weighted by Gasteiger charge is 2.65. The fourth-order valence-electron chi connectivity index (χ4n) is 5.93. The van der Waals surface area contributed by atoms with E-state index in [4.69, 9.17) is 9.47 Å². The van der Waals surface area contributed by atoms with E-state index in [1.54, 1.807) is 18.2 Å². The first-order chi connectivity index (χ1) is 13.2. The molecule has 3 aliphatic rings. The summed E-state index contributed by atoms with van der Waals surface area (Å²) in [5.74, 6) is -0.315. The Morgan fingerprint density at radius 1 is 1.11 bits per heavy atom. The first-order valence-corrected chi connectivity index (χ1v) is 9.91. The molecule has 0 aromatic heterocycles. The largest absolute Gasteiger partial charge is 0.459 e. The minimum absolute atomic E-state index is 0.0677. The zero-order valence-electron chi connectivity index (χ0n) is 16.5. The lowest BCUT2D eigenvalue weighted by Gasteiger charge is -2.56. The summed E-state index contributed by atoms with van der Waals surface area (Å²) in [6, 6.07) is 5.22. The Morgan fingerprint density at radius 2 is 1.82 bits per heavy atom. The number of hydrogen-bond donors (Lipinski definition) is 1. The van der Waals surface area contributed by atoms with E-state index in [0.29, 0.717) is 37.0 Å². The van der Waals surface area contributed by atoms with Crippen molar-refractivity contribution in [2.24, 2.45) is 17.3 Å². The second kappa shape index (κ2) is 6.41. The molecule has 0 amide bonds. The molecule has 1 N–H and O–H groups in total. The smallest absolute Gasteiger partial charge is 0.308 e. The van der Waals surface area contributed by atoms with Gasteiger partial charge in [-0.2, -0.15) is 0 Å². The van der Waals surface area contributed by atoms with Gasteiger partial charge in [0, 0.05) is 32.1 Å². The predicted molar refractivity (Wildman–Crippen MR) is 99.5 cm³/mol. The molecule has 0 bridgehead atoms. The van der Waals surface area contributed by atoms with E-state index in [9.17, 15) is 19.5 Å². The van der Waals surface area contributed by atoms with Gasteiger partial charge in [-0.15, -0.1) is 0 Å². The molecule has 150 valence electrons. The molecule has 5 atom stereocenters. The summed E-state index contributed by atoms with van der Waals surface area (Å²) < 4.78 is 10.8. The van der Waals surface area contributed by atoms with Crippen LogP contribution in [0.25, 0.3) is 0 Å². The van der Waals surface area contributed by atoms with E-state index in [2.05, 4.69) is 0 Å². The van der Waals surface area contributed by atoms with Gasteiger partial charge in [-0.1, -0.05) is 13.0 Å². The Morgan fingerprint density at radius 3 is 2.50 bits per heavy atom. The van der Waals surface area contributed by atoms with E-state index in [1.165, 1.54) is 13.8 Å². The van der Waals surface area contributed by atoms with Crippen molar-refractivity contribution in [1.82, 2.24) is 0 Å². The van der Waals surface area contributed by atoms with Gasteiger partial charge in [-0.05, 0) is 54.4 Å². The number of aryl methyl sites for hydroxylation is 1. The van der Waals surface area contributed by atoms with Crippen molar-refractivity contribution >= 4 is 17.7 Å². The van der Waals surface area contributed by atoms with E-state index in [1.807, 2.05) is 6.92 Å². The Balaban J connectivity index is 1.81. The first kappa shape index (κ1) is 19.1. The Hall–Kier alpha value is -2.21. The third-order valence-corrected chi connectivity index (χ3v) is 7.09. The second-order valence-electron chi connectivity index (χ2n) is 8.67. The molecule has 3 aliphatic carbocycles. The zero-order chi connectivity index (χ0) is 20.3. The van der Waals surface area contributed by atoms with Crippen LogP contribution in [0.2, 0.25) is 0 Å². The van der Waals surface area contributed by atoms with Crippen LogP contribution in [-0.2, 0) is 31.1 Å². The van der Waals surface area contributed by atoms with Crippen LogP contribution >= 0.6 is 0 Å². The maximum Gasteiger partial charge on any atom is 0.308 e. The maximum absolute atomic E-state index is 12.7. The Bertz CT molecular complexity index is 861. The normalized spacial score (nSPS) is 36.1. The van der Waals surface area contributed by atoms with Crippen LogP contribution in [0.5, 0.6) is 5.75 Å². The molecule has 0 aliphatic heterocycles. The lowest BCUT2D eigenvalue weighted by molar-refractivity contribution is -0.214. The number of hydrogen-bond acceptors (Lipinski definition) is 6. The molecular weight excluding hydrogens is 360 g/mol. The minimum atomic E-state index is -1.34. The summed E-state index contributed by atoms with van der Waals surface area (Å²) in [4.78, 5) is 35.8. The fourth-order valence-corrected chi connectivity index (χ4v) is 5.93. The number of esters is 2. The number of carbonyl (C=O) groups is 3. The number of aliphatic hydroxyl groups is 1. The van der Waals surface area contributed by atoms with Gasteiger partial charge in [-0.25, -0.2) is 0 Å². The lowest BCUT2D eigenvalue weighted by Crippen LogP contribution is -2.60. The molecule has 6 nitrogen and oxygen atoms in total. The quantitative estimate of drug-likeness (QED) is 0.621. The second-order valence-corrected chi connectivity index (χ2v) is 8.67. The maximum atomic E-state index is 12.7. The number of carbonyl (C=O) groups excluding carboxylic acids is 3. The van der Waals surface area contributed by atoms with Gasteiger partial charge in [0.05, 0.1) is 0 Å². The third-order valence-electron chi connectivity index (χ3n) is 7.09. The molecule has 2 fully saturated rings. The number of Topliss-reactive ketones (excluding diaryl/α,β-unsaturated/α-hetero) is 1. The number of rotatable bonds is 2. The van der Waals surface area contributed by atoms with Crippen LogP contribution in [0.15, 0.2) is 18.2 Å². The molecule has 6 heteroatoms. The number of benzene rings is 1. The van der Waals surface area contributed by atoms with Crippen LogP contribution in [0.3, 0.4) is 0 Å². The SMILES string of the molecule is CC(=O)Oc1ccc2c(c1)CC[C@@H]1[C@@H]3CCC(=O)[C@]3(C)C[C@@H](OC(C)=O)[C@@]21O. The van der Waals surface area contributed by atoms with Gasteiger partial charge in [0.15, 0.2) is 0 Å². The van der Waals surface area contributed by atoms with Crippen molar-refractivity contribution in [2.75, 3.05) is 0 Å². The van der Waals surface area contributed by atoms with Crippen molar-refractivity contribution in [1.29, 1.82) is 0 Å². The van der Waals surface area contributed by atoms with Gasteiger partial charge in [0.1, 0.15) is 23.2 Å². The summed E-state index contributed by atoms with van der Waals surface area (Å²) in [6.45, 7) is 4.64. The molecule has 0 spiro atoms. The Labute approximate surface area is 164 Å². The van der Waals surface area contributed by atoms with E-state index >= 15 is 0 Å². The summed E-state index contributed by atoms with van der Waals surface area (Å²) >= 11 is 0. The van der Waals surface area contributed by atoms with Crippen molar-refractivity contribution in [3.63, 3.8) is 0 Å². The first-order valence-electron chi connectivity index (χ1n) is 9.91. The van der Waals surface area contributed by atoms with Gasteiger partial charge in [-0.3, -0.25) is 14.4 Å². The van der Waals surface area contributed by atoms with E-state index in [0.717, 1.165) is 12.0 Å². The van der Waals surface area contributed by atoms with Crippen LogP contribution in [0.1, 0.15) is 57.6 Å². The van der Waals surface area contributed by atoms with E-state index in [-0.39, 0.29) is 17.6 Å². The van der Waals surface area contributed by atoms with Gasteiger partial charge >= 0.3 is 11.9 Å². The van der Waals surface area contributed by atoms with E-state index < -0.39 is 29.1 Å². The molecule has 1 aromatic carbocycles. The standard InChI is InChI=1S/C22H26O6/c1-12(23)27-15-5-7-16-14(10-15)4-6-18-17-8-9-19(25)21(17,3)11-20(22(16,18)26)28-13(2)24/h5,7,10,17-18,20,26H,4,6,8-9,11H2,1-3H3/t17-,18+,20+,21+,22+/m0/s1. The summed E-state index contributed by atoms with van der Waals surface area (Å²) in [5.41, 5.74) is -0.301. The molecule has 0 saturated heterocycles. The van der Waals surface area contributed by atoms with Crippen molar-refractivity contribution < 1.29 is 29.0 Å². The highest BCUT2D eigenvalue weighted by molar-refractivity contribution is 5.87. The van der Waals surface area contributed by atoms with Gasteiger partial charge < -0.3 is 14.6 Å². The van der Waals surface area contributed by atoms with Crippen LogP contribution in [0.4, 0.5) is 0 Å². The fraction of sp³-hybridized carbons (Fsp3) is 0.591. The van der Waals surface area contributed by atoms with Crippen molar-refractivity contribution in [3.8, 4) is 5.75 Å². The molecule has 0 heterocycles. The lowest BCUT2D eigenvalue weighted by atomic mass is 9.52. The summed E-state index contributed by atoms with van der Waals surface area (Å²) in [6.07, 6.45) is 2.23. The number of ketones is 1. The predicted octanol–water partition coefficient (Wildman–Crippen LogP) is 2.68. The average Bonchev–Trinajstić information content (AvgIpc) is 2.89. The molecule has 0 unspecified atom stereocenters. The monoisotopic (exact) mass is 386 g/mol. The Kier molecular flexibility index (Phi) is 4.38. The van der Waals surface area contributed by atoms with Crippen molar-refractivity contribution in [2.45, 2.75) is 64.6 Å². The zero-order valence-corrected chi connectivity index (χ0v) is 16.5. The summed E-state index contributed by atoms with van der Waals surface area (Å²) in [5, 5.41) is 12.0. The molecule has 28 heavy (non-hydrogen) atoms. The number of fused-ring (bicyclic) bond motifs is 5.